The van der Waals surface area contributed by atoms with Gasteiger partial charge in [0.15, 0.2) is 0 Å². The van der Waals surface area contributed by atoms with E-state index in [4.69, 9.17) is 9.84 Å². The summed E-state index contributed by atoms with van der Waals surface area (Å²) >= 11 is 0. The number of aromatic nitrogens is 4. The van der Waals surface area contributed by atoms with Gasteiger partial charge in [-0.05, 0) is 79.8 Å². The van der Waals surface area contributed by atoms with Gasteiger partial charge in [0.1, 0.15) is 18.5 Å². The Labute approximate surface area is 265 Å². The second-order valence-electron chi connectivity index (χ2n) is 12.9. The molecule has 5 rings (SSSR count). The molecule has 0 saturated carbocycles. The Morgan fingerprint density at radius 2 is 1.89 bits per heavy atom. The molecule has 1 aliphatic carbocycles. The zero-order valence-electron chi connectivity index (χ0n) is 26.8. The molecular formula is C34H41N7O3Si. The third-order valence-corrected chi connectivity index (χ3v) is 10.2. The lowest BCUT2D eigenvalue weighted by molar-refractivity contribution is -0.118. The van der Waals surface area contributed by atoms with Crippen LogP contribution < -0.4 is 10.6 Å². The van der Waals surface area contributed by atoms with Crippen LogP contribution in [0.15, 0.2) is 54.7 Å². The largest absolute Gasteiger partial charge is 0.360 e. The zero-order valence-corrected chi connectivity index (χ0v) is 27.8. The molecule has 0 aliphatic heterocycles. The number of amides is 2. The normalized spacial score (nSPS) is 14.9. The van der Waals surface area contributed by atoms with E-state index in [1.165, 1.54) is 4.68 Å². The Bertz CT molecular complexity index is 1740. The van der Waals surface area contributed by atoms with E-state index in [1.807, 2.05) is 54.9 Å². The quantitative estimate of drug-likeness (QED) is 0.167. The van der Waals surface area contributed by atoms with Crippen LogP contribution in [0.5, 0.6) is 0 Å². The summed E-state index contributed by atoms with van der Waals surface area (Å²) < 4.78 is 9.32. The van der Waals surface area contributed by atoms with Gasteiger partial charge in [-0.2, -0.15) is 15.5 Å². The van der Waals surface area contributed by atoms with Crippen LogP contribution in [-0.2, 0) is 29.7 Å². The zero-order chi connectivity index (χ0) is 32.3. The van der Waals surface area contributed by atoms with E-state index in [0.29, 0.717) is 30.1 Å². The minimum Gasteiger partial charge on any atom is -0.360 e. The number of carbonyl (C=O) groups excluding carboxylic acids is 2. The van der Waals surface area contributed by atoms with Crippen LogP contribution in [0.25, 0.3) is 11.1 Å². The standard InChI is InChI=1S/C34H41N7O3Si/c1-22-31(23(2)41(39-22)21-44-17-18-45(4,5)6)26-9-12-27(13-10-26)37-34(43)32(38-33(42)30-15-16-36-40(30)3)28-14-11-25-8-7-24(20-35)19-29(25)28/h7-10,12-13,15-16,19,28,32H,11,14,17-18,21H2,1-6H3,(H,37,43)(H,38,42)/t28-,32+/m1/s1. The van der Waals surface area contributed by atoms with E-state index in [9.17, 15) is 14.9 Å². The number of nitrogens with zero attached hydrogens (tertiary/aromatic N) is 5. The molecule has 0 radical (unpaired) electrons. The monoisotopic (exact) mass is 623 g/mol. The van der Waals surface area contributed by atoms with Gasteiger partial charge in [0.25, 0.3) is 5.91 Å². The average Bonchev–Trinajstić information content (AvgIpc) is 3.70. The summed E-state index contributed by atoms with van der Waals surface area (Å²) in [6.45, 7) is 12.2. The number of anilines is 1. The first kappa shape index (κ1) is 31.9. The molecule has 4 aromatic rings. The van der Waals surface area contributed by atoms with Crippen molar-refractivity contribution in [3.8, 4) is 17.2 Å². The maximum atomic E-state index is 13.9. The summed E-state index contributed by atoms with van der Waals surface area (Å²) in [5.74, 6) is -0.995. The Morgan fingerprint density at radius 3 is 2.56 bits per heavy atom. The van der Waals surface area contributed by atoms with Gasteiger partial charge < -0.3 is 15.4 Å². The maximum Gasteiger partial charge on any atom is 0.270 e. The van der Waals surface area contributed by atoms with Crippen LogP contribution in [0.4, 0.5) is 5.69 Å². The van der Waals surface area contributed by atoms with Gasteiger partial charge in [-0.15, -0.1) is 0 Å². The van der Waals surface area contributed by atoms with Gasteiger partial charge >= 0.3 is 0 Å². The Kier molecular flexibility index (Phi) is 9.36. The maximum absolute atomic E-state index is 13.9. The fourth-order valence-electron chi connectivity index (χ4n) is 5.92. The molecule has 45 heavy (non-hydrogen) atoms. The van der Waals surface area contributed by atoms with Crippen molar-refractivity contribution in [3.05, 3.63) is 88.5 Å². The summed E-state index contributed by atoms with van der Waals surface area (Å²) in [4.78, 5) is 27.1. The van der Waals surface area contributed by atoms with Gasteiger partial charge in [0.05, 0.1) is 17.3 Å². The summed E-state index contributed by atoms with van der Waals surface area (Å²) in [6.07, 6.45) is 2.99. The lowest BCUT2D eigenvalue weighted by Gasteiger charge is -2.25. The first-order valence-electron chi connectivity index (χ1n) is 15.3. The highest BCUT2D eigenvalue weighted by molar-refractivity contribution is 6.76. The first-order chi connectivity index (χ1) is 21.4. The number of hydrogen-bond acceptors (Lipinski definition) is 6. The number of aryl methyl sites for hydroxylation is 3. The third-order valence-electron chi connectivity index (χ3n) is 8.46. The second kappa shape index (κ2) is 13.2. The molecule has 10 nitrogen and oxygen atoms in total. The van der Waals surface area contributed by atoms with E-state index in [1.54, 1.807) is 25.4 Å². The molecule has 2 atom stereocenters. The SMILES string of the molecule is Cc1nn(COCC[Si](C)(C)C)c(C)c1-c1ccc(NC(=O)[C@@H](NC(=O)c2ccnn2C)[C@@H]2CCc3ccc(C#N)cc32)cc1. The Morgan fingerprint density at radius 1 is 1.13 bits per heavy atom. The second-order valence-corrected chi connectivity index (χ2v) is 18.5. The molecule has 2 amide bonds. The lowest BCUT2D eigenvalue weighted by atomic mass is 9.91. The van der Waals surface area contributed by atoms with Crippen molar-refractivity contribution in [2.75, 3.05) is 11.9 Å². The smallest absolute Gasteiger partial charge is 0.270 e. The summed E-state index contributed by atoms with van der Waals surface area (Å²) in [5, 5.41) is 24.3. The van der Waals surface area contributed by atoms with E-state index in [-0.39, 0.29) is 17.7 Å². The highest BCUT2D eigenvalue weighted by Gasteiger charge is 2.36. The first-order valence-corrected chi connectivity index (χ1v) is 19.0. The molecule has 0 saturated heterocycles. The molecule has 234 valence electrons. The van der Waals surface area contributed by atoms with Crippen LogP contribution in [0.1, 0.15) is 50.9 Å². The van der Waals surface area contributed by atoms with Gasteiger partial charge in [-0.3, -0.25) is 14.3 Å². The number of benzene rings is 2. The van der Waals surface area contributed by atoms with E-state index < -0.39 is 14.1 Å². The van der Waals surface area contributed by atoms with Crippen molar-refractivity contribution in [2.45, 2.75) is 71.1 Å². The fourth-order valence-corrected chi connectivity index (χ4v) is 6.68. The van der Waals surface area contributed by atoms with Crippen molar-refractivity contribution in [1.29, 1.82) is 5.26 Å². The molecule has 1 aliphatic rings. The number of fused-ring (bicyclic) bond motifs is 1. The molecule has 2 aromatic heterocycles. The third kappa shape index (κ3) is 7.24. The molecule has 2 N–H and O–H groups in total. The van der Waals surface area contributed by atoms with Crippen LogP contribution in [0.2, 0.25) is 25.7 Å². The van der Waals surface area contributed by atoms with Crippen molar-refractivity contribution in [1.82, 2.24) is 24.9 Å². The van der Waals surface area contributed by atoms with E-state index in [2.05, 4.69) is 41.4 Å². The topological polar surface area (TPSA) is 127 Å². The van der Waals surface area contributed by atoms with Crippen LogP contribution in [0.3, 0.4) is 0 Å². The molecule has 0 spiro atoms. The molecule has 0 fully saturated rings. The van der Waals surface area contributed by atoms with Gasteiger partial charge in [-0.1, -0.05) is 37.8 Å². The minimum absolute atomic E-state index is 0.283. The predicted octanol–water partition coefficient (Wildman–Crippen LogP) is 5.55. The van der Waals surface area contributed by atoms with Crippen LogP contribution in [0, 0.1) is 25.2 Å². The summed E-state index contributed by atoms with van der Waals surface area (Å²) in [7, 11) is 0.522. The Balaban J connectivity index is 1.34. The molecule has 2 aromatic carbocycles. The van der Waals surface area contributed by atoms with Crippen molar-refractivity contribution < 1.29 is 14.3 Å². The molecule has 0 bridgehead atoms. The number of nitrogens with one attached hydrogen (secondary N) is 2. The Hall–Kier alpha value is -4.53. The van der Waals surface area contributed by atoms with Gasteiger partial charge in [-0.25, -0.2) is 4.68 Å². The van der Waals surface area contributed by atoms with Crippen molar-refractivity contribution in [2.24, 2.45) is 7.05 Å². The number of carbonyl (C=O) groups is 2. The molecule has 11 heteroatoms. The molecular weight excluding hydrogens is 583 g/mol. The van der Waals surface area contributed by atoms with Gasteiger partial charge in [0, 0.05) is 50.8 Å². The number of rotatable bonds is 11. The predicted molar refractivity (Wildman–Crippen MR) is 177 cm³/mol. The van der Waals surface area contributed by atoms with Crippen LogP contribution in [-0.4, -0.2) is 52.1 Å². The minimum atomic E-state index is -1.16. The van der Waals surface area contributed by atoms with E-state index >= 15 is 0 Å². The van der Waals surface area contributed by atoms with Crippen LogP contribution >= 0.6 is 0 Å². The number of nitriles is 1. The molecule has 0 unspecified atom stereocenters. The van der Waals surface area contributed by atoms with Crippen molar-refractivity contribution in [3.63, 3.8) is 0 Å². The van der Waals surface area contributed by atoms with Crippen molar-refractivity contribution >= 4 is 25.6 Å². The van der Waals surface area contributed by atoms with E-state index in [0.717, 1.165) is 52.7 Å². The number of ether oxygens (including phenoxy) is 1. The highest BCUT2D eigenvalue weighted by Crippen LogP contribution is 2.37. The van der Waals surface area contributed by atoms with Gasteiger partial charge in [0.2, 0.25) is 5.91 Å². The summed E-state index contributed by atoms with van der Waals surface area (Å²) in [6, 6.07) is 17.3. The fraction of sp³-hybridized carbons (Fsp3) is 0.382. The lowest BCUT2D eigenvalue weighted by Crippen LogP contribution is -2.47. The highest BCUT2D eigenvalue weighted by atomic mass is 28.3. The summed E-state index contributed by atoms with van der Waals surface area (Å²) in [5.41, 5.74) is 7.47. The average molecular weight is 624 g/mol. The molecule has 2 heterocycles. The number of hydrogen-bond donors (Lipinski definition) is 2.